The number of fused-ring (bicyclic) bond motifs is 1. The SMILES string of the molecule is CC1(C)Cc2[nH]ccc2C(C)(C)C1. The molecule has 0 saturated carbocycles. The van der Waals surface area contributed by atoms with Crippen molar-refractivity contribution in [2.75, 3.05) is 0 Å². The molecule has 0 aromatic carbocycles. The summed E-state index contributed by atoms with van der Waals surface area (Å²) < 4.78 is 0. The Morgan fingerprint density at radius 3 is 2.62 bits per heavy atom. The molecule has 0 aliphatic heterocycles. The highest BCUT2D eigenvalue weighted by atomic mass is 14.7. The molecule has 1 aliphatic rings. The minimum absolute atomic E-state index is 0.344. The van der Waals surface area contributed by atoms with Crippen LogP contribution in [0.5, 0.6) is 0 Å². The lowest BCUT2D eigenvalue weighted by Gasteiger charge is -2.40. The summed E-state index contributed by atoms with van der Waals surface area (Å²) >= 11 is 0. The first-order valence-electron chi connectivity index (χ1n) is 5.07. The van der Waals surface area contributed by atoms with Crippen LogP contribution in [-0.2, 0) is 11.8 Å². The summed E-state index contributed by atoms with van der Waals surface area (Å²) in [5.74, 6) is 0. The molecular formula is C12H19N. The van der Waals surface area contributed by atoms with Crippen molar-refractivity contribution in [3.63, 3.8) is 0 Å². The predicted octanol–water partition coefficient (Wildman–Crippen LogP) is 3.26. The van der Waals surface area contributed by atoms with Crippen molar-refractivity contribution in [3.05, 3.63) is 23.5 Å². The van der Waals surface area contributed by atoms with Crippen LogP contribution in [0.25, 0.3) is 0 Å². The summed E-state index contributed by atoms with van der Waals surface area (Å²) in [6, 6.07) is 2.24. The molecule has 1 heteroatoms. The molecule has 1 aliphatic carbocycles. The molecule has 0 radical (unpaired) electrons. The third-order valence-corrected chi connectivity index (χ3v) is 3.14. The summed E-state index contributed by atoms with van der Waals surface area (Å²) in [7, 11) is 0. The summed E-state index contributed by atoms with van der Waals surface area (Å²) in [6.07, 6.45) is 4.55. The fraction of sp³-hybridized carbons (Fsp3) is 0.667. The summed E-state index contributed by atoms with van der Waals surface area (Å²) in [4.78, 5) is 3.37. The summed E-state index contributed by atoms with van der Waals surface area (Å²) in [5, 5.41) is 0. The fourth-order valence-corrected chi connectivity index (χ4v) is 3.02. The van der Waals surface area contributed by atoms with E-state index in [1.165, 1.54) is 24.1 Å². The Labute approximate surface area is 80.6 Å². The first-order chi connectivity index (χ1) is 5.91. The van der Waals surface area contributed by atoms with Gasteiger partial charge in [-0.15, -0.1) is 0 Å². The van der Waals surface area contributed by atoms with E-state index in [2.05, 4.69) is 44.9 Å². The van der Waals surface area contributed by atoms with Gasteiger partial charge < -0.3 is 4.98 Å². The molecule has 2 rings (SSSR count). The lowest BCUT2D eigenvalue weighted by atomic mass is 9.64. The second kappa shape index (κ2) is 2.40. The summed E-state index contributed by atoms with van der Waals surface area (Å²) in [5.41, 5.74) is 3.76. The molecule has 0 amide bonds. The van der Waals surface area contributed by atoms with Crippen LogP contribution in [0.15, 0.2) is 12.3 Å². The van der Waals surface area contributed by atoms with Gasteiger partial charge in [0.25, 0.3) is 0 Å². The Hall–Kier alpha value is -0.720. The summed E-state index contributed by atoms with van der Waals surface area (Å²) in [6.45, 7) is 9.41. The quantitative estimate of drug-likeness (QED) is 0.626. The number of H-pyrrole nitrogens is 1. The molecule has 72 valence electrons. The van der Waals surface area contributed by atoms with Crippen molar-refractivity contribution in [1.29, 1.82) is 0 Å². The molecule has 13 heavy (non-hydrogen) atoms. The number of aromatic nitrogens is 1. The van der Waals surface area contributed by atoms with Crippen molar-refractivity contribution < 1.29 is 0 Å². The van der Waals surface area contributed by atoms with Crippen LogP contribution >= 0.6 is 0 Å². The second-order valence-electron chi connectivity index (χ2n) is 5.77. The van der Waals surface area contributed by atoms with E-state index in [0.717, 1.165) is 0 Å². The third kappa shape index (κ3) is 1.41. The first kappa shape index (κ1) is 8.86. The van der Waals surface area contributed by atoms with E-state index in [9.17, 15) is 0 Å². The van der Waals surface area contributed by atoms with Crippen molar-refractivity contribution >= 4 is 0 Å². The average Bonchev–Trinajstić information content (AvgIpc) is 2.29. The lowest BCUT2D eigenvalue weighted by molar-refractivity contribution is 0.229. The number of nitrogens with one attached hydrogen (secondary N) is 1. The highest BCUT2D eigenvalue weighted by Gasteiger charge is 2.37. The van der Waals surface area contributed by atoms with Crippen molar-refractivity contribution in [1.82, 2.24) is 4.98 Å². The maximum atomic E-state index is 3.37. The standard InChI is InChI=1S/C12H19N/c1-11(2)7-10-9(5-6-13-10)12(3,4)8-11/h5-6,13H,7-8H2,1-4H3. The molecule has 1 aromatic rings. The van der Waals surface area contributed by atoms with Gasteiger partial charge in [0.05, 0.1) is 0 Å². The Kier molecular flexibility index (Phi) is 1.64. The van der Waals surface area contributed by atoms with Crippen LogP contribution in [0.1, 0.15) is 45.4 Å². The van der Waals surface area contributed by atoms with E-state index in [1.807, 2.05) is 0 Å². The maximum absolute atomic E-state index is 3.37. The lowest BCUT2D eigenvalue weighted by Crippen LogP contribution is -2.34. The average molecular weight is 177 g/mol. The highest BCUT2D eigenvalue weighted by molar-refractivity contribution is 5.32. The molecular weight excluding hydrogens is 158 g/mol. The van der Waals surface area contributed by atoms with Crippen molar-refractivity contribution in [3.8, 4) is 0 Å². The number of hydrogen-bond acceptors (Lipinski definition) is 0. The maximum Gasteiger partial charge on any atom is 0.0190 e. The van der Waals surface area contributed by atoms with Crippen LogP contribution in [0, 0.1) is 5.41 Å². The monoisotopic (exact) mass is 177 g/mol. The van der Waals surface area contributed by atoms with Crippen LogP contribution < -0.4 is 0 Å². The minimum Gasteiger partial charge on any atom is -0.365 e. The van der Waals surface area contributed by atoms with E-state index in [4.69, 9.17) is 0 Å². The Morgan fingerprint density at radius 1 is 1.23 bits per heavy atom. The smallest absolute Gasteiger partial charge is 0.0190 e. The van der Waals surface area contributed by atoms with E-state index >= 15 is 0 Å². The molecule has 0 spiro atoms. The second-order valence-corrected chi connectivity index (χ2v) is 5.77. The van der Waals surface area contributed by atoms with Gasteiger partial charge in [-0.25, -0.2) is 0 Å². The number of hydrogen-bond donors (Lipinski definition) is 1. The number of rotatable bonds is 0. The van der Waals surface area contributed by atoms with Crippen LogP contribution in [0.4, 0.5) is 0 Å². The number of aromatic amines is 1. The minimum atomic E-state index is 0.344. The molecule has 0 saturated heterocycles. The van der Waals surface area contributed by atoms with E-state index in [1.54, 1.807) is 0 Å². The van der Waals surface area contributed by atoms with Crippen LogP contribution in [-0.4, -0.2) is 4.98 Å². The molecule has 0 fully saturated rings. The van der Waals surface area contributed by atoms with Gasteiger partial charge in [-0.3, -0.25) is 0 Å². The van der Waals surface area contributed by atoms with Crippen LogP contribution in [0.2, 0.25) is 0 Å². The molecule has 0 unspecified atom stereocenters. The van der Waals surface area contributed by atoms with E-state index in [0.29, 0.717) is 10.8 Å². The molecule has 0 atom stereocenters. The van der Waals surface area contributed by atoms with Gasteiger partial charge in [-0.2, -0.15) is 0 Å². The molecule has 1 N–H and O–H groups in total. The van der Waals surface area contributed by atoms with Gasteiger partial charge in [0, 0.05) is 11.9 Å². The van der Waals surface area contributed by atoms with E-state index in [-0.39, 0.29) is 0 Å². The molecule has 1 aromatic heterocycles. The van der Waals surface area contributed by atoms with Crippen LogP contribution in [0.3, 0.4) is 0 Å². The van der Waals surface area contributed by atoms with Crippen molar-refractivity contribution in [2.45, 2.75) is 46.0 Å². The zero-order chi connectivity index (χ0) is 9.69. The molecule has 1 heterocycles. The first-order valence-corrected chi connectivity index (χ1v) is 5.07. The van der Waals surface area contributed by atoms with Gasteiger partial charge in [-0.05, 0) is 35.3 Å². The topological polar surface area (TPSA) is 15.8 Å². The zero-order valence-corrected chi connectivity index (χ0v) is 9.07. The third-order valence-electron chi connectivity index (χ3n) is 3.14. The Morgan fingerprint density at radius 2 is 1.92 bits per heavy atom. The largest absolute Gasteiger partial charge is 0.365 e. The van der Waals surface area contributed by atoms with Gasteiger partial charge in [-0.1, -0.05) is 27.7 Å². The fourth-order valence-electron chi connectivity index (χ4n) is 3.02. The zero-order valence-electron chi connectivity index (χ0n) is 9.07. The Balaban J connectivity index is 2.48. The van der Waals surface area contributed by atoms with E-state index < -0.39 is 0 Å². The Bertz CT molecular complexity index is 318. The molecule has 1 nitrogen and oxygen atoms in total. The van der Waals surface area contributed by atoms with Gasteiger partial charge in [0.2, 0.25) is 0 Å². The van der Waals surface area contributed by atoms with Crippen molar-refractivity contribution in [2.24, 2.45) is 5.41 Å². The van der Waals surface area contributed by atoms with Gasteiger partial charge in [0.1, 0.15) is 0 Å². The van der Waals surface area contributed by atoms with Gasteiger partial charge in [0.15, 0.2) is 0 Å². The molecule has 0 bridgehead atoms. The predicted molar refractivity (Wildman–Crippen MR) is 55.9 cm³/mol. The highest BCUT2D eigenvalue weighted by Crippen LogP contribution is 2.44. The normalized spacial score (nSPS) is 24.0. The van der Waals surface area contributed by atoms with Gasteiger partial charge >= 0.3 is 0 Å².